The third kappa shape index (κ3) is 4.13. The van der Waals surface area contributed by atoms with Gasteiger partial charge >= 0.3 is 0 Å². The highest BCUT2D eigenvalue weighted by Gasteiger charge is 2.22. The molecule has 8 heteroatoms. The van der Waals surface area contributed by atoms with E-state index in [1.54, 1.807) is 0 Å². The standard InChI is InChI=1S/C19H19BrN4O3.H2/c20-12-2-1-3-13(6-12)24-19-15-7-18-17(8-16(15)22-11-23-19)26-10-14(27-18)9-21-4-5-25;/h1-3,6-8,11,14,21,25H,4-5,9-10H2,(H,22,23,24);1H. The van der Waals surface area contributed by atoms with Crippen LogP contribution in [0.2, 0.25) is 0 Å². The molecule has 4 rings (SSSR count). The Hall–Kier alpha value is -2.42. The van der Waals surface area contributed by atoms with E-state index in [1.165, 1.54) is 6.33 Å². The Morgan fingerprint density at radius 3 is 3.00 bits per heavy atom. The number of hydrogen-bond donors (Lipinski definition) is 3. The summed E-state index contributed by atoms with van der Waals surface area (Å²) in [5.74, 6) is 2.04. The number of aliphatic hydroxyl groups is 1. The number of fused-ring (bicyclic) bond motifs is 2. The van der Waals surface area contributed by atoms with Crippen molar-refractivity contribution in [2.24, 2.45) is 0 Å². The van der Waals surface area contributed by atoms with E-state index in [2.05, 4.69) is 36.5 Å². The van der Waals surface area contributed by atoms with Gasteiger partial charge < -0.3 is 25.2 Å². The number of nitrogens with one attached hydrogen (secondary N) is 2. The molecule has 142 valence electrons. The third-order valence-electron chi connectivity index (χ3n) is 4.17. The van der Waals surface area contributed by atoms with Gasteiger partial charge in [0.1, 0.15) is 24.9 Å². The van der Waals surface area contributed by atoms with Gasteiger partial charge in [0.05, 0.1) is 12.1 Å². The van der Waals surface area contributed by atoms with E-state index in [0.29, 0.717) is 37.0 Å². The molecule has 0 aliphatic carbocycles. The molecule has 2 aromatic carbocycles. The van der Waals surface area contributed by atoms with Gasteiger partial charge in [0.15, 0.2) is 11.5 Å². The summed E-state index contributed by atoms with van der Waals surface area (Å²) in [5, 5.41) is 16.2. The Balaban J connectivity index is 0.00000225. The van der Waals surface area contributed by atoms with E-state index in [4.69, 9.17) is 14.6 Å². The number of aromatic nitrogens is 2. The van der Waals surface area contributed by atoms with Crippen LogP contribution in [0.5, 0.6) is 11.5 Å². The van der Waals surface area contributed by atoms with Gasteiger partial charge in [0.2, 0.25) is 0 Å². The van der Waals surface area contributed by atoms with E-state index in [-0.39, 0.29) is 14.1 Å². The maximum atomic E-state index is 8.88. The molecule has 7 nitrogen and oxygen atoms in total. The van der Waals surface area contributed by atoms with Gasteiger partial charge in [-0.2, -0.15) is 0 Å². The highest BCUT2D eigenvalue weighted by molar-refractivity contribution is 9.10. The van der Waals surface area contributed by atoms with E-state index >= 15 is 0 Å². The predicted octanol–water partition coefficient (Wildman–Crippen LogP) is 3.10. The number of nitrogens with zero attached hydrogens (tertiary/aromatic N) is 2. The number of halogens is 1. The Labute approximate surface area is 166 Å². The third-order valence-corrected chi connectivity index (χ3v) is 4.66. The van der Waals surface area contributed by atoms with Gasteiger partial charge in [-0.15, -0.1) is 0 Å². The van der Waals surface area contributed by atoms with Crippen molar-refractivity contribution in [2.45, 2.75) is 6.10 Å². The van der Waals surface area contributed by atoms with Crippen molar-refractivity contribution in [1.29, 1.82) is 0 Å². The van der Waals surface area contributed by atoms with Crippen LogP contribution in [0.4, 0.5) is 11.5 Å². The zero-order valence-corrected chi connectivity index (χ0v) is 16.1. The first-order chi connectivity index (χ1) is 13.2. The lowest BCUT2D eigenvalue weighted by molar-refractivity contribution is 0.0898. The second kappa shape index (κ2) is 8.08. The van der Waals surface area contributed by atoms with Crippen molar-refractivity contribution >= 4 is 38.3 Å². The molecule has 1 aromatic heterocycles. The average Bonchev–Trinajstić information content (AvgIpc) is 2.67. The molecule has 0 amide bonds. The molecule has 27 heavy (non-hydrogen) atoms. The Bertz CT molecular complexity index is 960. The normalized spacial score (nSPS) is 15.7. The molecule has 1 aliphatic heterocycles. The van der Waals surface area contributed by atoms with Crippen LogP contribution in [0.25, 0.3) is 10.9 Å². The lowest BCUT2D eigenvalue weighted by atomic mass is 10.2. The van der Waals surface area contributed by atoms with Crippen molar-refractivity contribution in [3.8, 4) is 11.5 Å². The molecular formula is C19H21BrN4O3. The number of anilines is 2. The summed E-state index contributed by atoms with van der Waals surface area (Å²) in [4.78, 5) is 8.74. The van der Waals surface area contributed by atoms with Gasteiger partial charge in [0.25, 0.3) is 0 Å². The molecule has 3 N–H and O–H groups in total. The number of ether oxygens (including phenoxy) is 2. The Kier molecular flexibility index (Phi) is 5.38. The fraction of sp³-hybridized carbons (Fsp3) is 0.263. The van der Waals surface area contributed by atoms with E-state index in [1.807, 2.05) is 36.4 Å². The summed E-state index contributed by atoms with van der Waals surface area (Å²) in [6, 6.07) is 11.7. The van der Waals surface area contributed by atoms with Crippen LogP contribution in [0, 0.1) is 0 Å². The smallest absolute Gasteiger partial charge is 0.163 e. The summed E-state index contributed by atoms with van der Waals surface area (Å²) < 4.78 is 12.9. The average molecular weight is 433 g/mol. The molecule has 0 spiro atoms. The number of aliphatic hydroxyl groups excluding tert-OH is 1. The highest BCUT2D eigenvalue weighted by Crippen LogP contribution is 2.37. The van der Waals surface area contributed by atoms with Crippen molar-refractivity contribution in [3.63, 3.8) is 0 Å². The summed E-state index contributed by atoms with van der Waals surface area (Å²) >= 11 is 3.48. The fourth-order valence-corrected chi connectivity index (χ4v) is 3.31. The van der Waals surface area contributed by atoms with Crippen molar-refractivity contribution in [1.82, 2.24) is 15.3 Å². The number of rotatable bonds is 6. The first kappa shape index (κ1) is 18.0. The minimum Gasteiger partial charge on any atom is -0.486 e. The lowest BCUT2D eigenvalue weighted by Gasteiger charge is -2.27. The van der Waals surface area contributed by atoms with Crippen LogP contribution in [0.1, 0.15) is 1.43 Å². The highest BCUT2D eigenvalue weighted by atomic mass is 79.9. The van der Waals surface area contributed by atoms with Gasteiger partial charge in [-0.3, -0.25) is 0 Å². The molecule has 0 saturated carbocycles. The lowest BCUT2D eigenvalue weighted by Crippen LogP contribution is -2.39. The van der Waals surface area contributed by atoms with E-state index < -0.39 is 0 Å². The van der Waals surface area contributed by atoms with Crippen molar-refractivity contribution < 1.29 is 16.0 Å². The first-order valence-electron chi connectivity index (χ1n) is 8.65. The molecule has 0 radical (unpaired) electrons. The van der Waals surface area contributed by atoms with Gasteiger partial charge in [-0.05, 0) is 24.3 Å². The number of benzene rings is 2. The first-order valence-corrected chi connectivity index (χ1v) is 9.44. The van der Waals surface area contributed by atoms with Crippen molar-refractivity contribution in [2.75, 3.05) is 31.6 Å². The minimum absolute atomic E-state index is 0. The predicted molar refractivity (Wildman–Crippen MR) is 109 cm³/mol. The van der Waals surface area contributed by atoms with Crippen LogP contribution in [-0.4, -0.2) is 47.5 Å². The topological polar surface area (TPSA) is 88.5 Å². The van der Waals surface area contributed by atoms with E-state index in [0.717, 1.165) is 21.1 Å². The zero-order valence-electron chi connectivity index (χ0n) is 14.5. The fourth-order valence-electron chi connectivity index (χ4n) is 2.91. The molecule has 3 aromatic rings. The second-order valence-electron chi connectivity index (χ2n) is 6.15. The maximum absolute atomic E-state index is 8.88. The quantitative estimate of drug-likeness (QED) is 0.515. The molecule has 2 heterocycles. The molecule has 1 unspecified atom stereocenters. The Morgan fingerprint density at radius 2 is 2.15 bits per heavy atom. The molecule has 0 saturated heterocycles. The SMILES string of the molecule is OCCNCC1COc2cc3ncnc(Nc4cccc(Br)c4)c3cc2O1.[HH]. The monoisotopic (exact) mass is 432 g/mol. The summed E-state index contributed by atoms with van der Waals surface area (Å²) in [6.07, 6.45) is 1.41. The largest absolute Gasteiger partial charge is 0.486 e. The molecule has 1 aliphatic rings. The summed E-state index contributed by atoms with van der Waals surface area (Å²) in [5.41, 5.74) is 1.70. The van der Waals surface area contributed by atoms with Gasteiger partial charge in [-0.1, -0.05) is 22.0 Å². The zero-order chi connectivity index (χ0) is 18.6. The van der Waals surface area contributed by atoms with Crippen LogP contribution in [0.15, 0.2) is 47.2 Å². The Morgan fingerprint density at radius 1 is 1.22 bits per heavy atom. The summed E-state index contributed by atoms with van der Waals surface area (Å²) in [6.45, 7) is 1.67. The summed E-state index contributed by atoms with van der Waals surface area (Å²) in [7, 11) is 0. The number of hydrogen-bond acceptors (Lipinski definition) is 7. The van der Waals surface area contributed by atoms with Crippen LogP contribution in [0.3, 0.4) is 0 Å². The minimum atomic E-state index is -0.118. The van der Waals surface area contributed by atoms with Crippen LogP contribution < -0.4 is 20.1 Å². The maximum Gasteiger partial charge on any atom is 0.163 e. The van der Waals surface area contributed by atoms with Crippen molar-refractivity contribution in [3.05, 3.63) is 47.2 Å². The van der Waals surface area contributed by atoms with Gasteiger partial charge in [0, 0.05) is 36.1 Å². The second-order valence-corrected chi connectivity index (χ2v) is 7.07. The molecular weight excluding hydrogens is 412 g/mol. The molecule has 0 bridgehead atoms. The van der Waals surface area contributed by atoms with Crippen LogP contribution >= 0.6 is 15.9 Å². The van der Waals surface area contributed by atoms with Gasteiger partial charge in [-0.25, -0.2) is 9.97 Å². The van der Waals surface area contributed by atoms with E-state index in [9.17, 15) is 0 Å². The molecule has 0 fully saturated rings. The molecule has 1 atom stereocenters. The van der Waals surface area contributed by atoms with Crippen LogP contribution in [-0.2, 0) is 0 Å².